The third-order valence-electron chi connectivity index (χ3n) is 11.5. The molecule has 0 unspecified atom stereocenters. The lowest BCUT2D eigenvalue weighted by atomic mass is 9.77. The van der Waals surface area contributed by atoms with Crippen LogP contribution >= 0.6 is 0 Å². The smallest absolute Gasteiger partial charge is 0.228 e. The van der Waals surface area contributed by atoms with E-state index < -0.39 is 5.92 Å². The predicted molar refractivity (Wildman–Crippen MR) is 208 cm³/mol. The van der Waals surface area contributed by atoms with Gasteiger partial charge < -0.3 is 16.0 Å². The van der Waals surface area contributed by atoms with Crippen molar-refractivity contribution in [1.29, 1.82) is 0 Å². The molecule has 52 heavy (non-hydrogen) atoms. The Kier molecular flexibility index (Phi) is 12.6. The molecule has 1 atom stereocenters. The summed E-state index contributed by atoms with van der Waals surface area (Å²) in [7, 11) is 0. The number of amidine groups is 1. The van der Waals surface area contributed by atoms with Crippen LogP contribution in [-0.2, 0) is 16.0 Å². The first-order valence-electron chi connectivity index (χ1n) is 19.2. The SMILES string of the molecule is Cc1cc(C(=O)CC2CCN(C(C)C)CC2)ccc1-c1ccc(C[C@H](CC(=O)C2CCC(CN)CC2)C(=O)Nc2ccc(C3=NCN=N3)cc2)cc1. The molecular weight excluding hydrogens is 649 g/mol. The molecule has 0 aromatic heterocycles. The quantitative estimate of drug-likeness (QED) is 0.164. The topological polar surface area (TPSA) is 130 Å². The zero-order valence-electron chi connectivity index (χ0n) is 31.0. The van der Waals surface area contributed by atoms with Crippen LogP contribution in [0.15, 0.2) is 82.0 Å². The third kappa shape index (κ3) is 9.55. The van der Waals surface area contributed by atoms with Crippen LogP contribution in [0.25, 0.3) is 11.1 Å². The van der Waals surface area contributed by atoms with Crippen LogP contribution in [0.4, 0.5) is 5.69 Å². The highest BCUT2D eigenvalue weighted by Gasteiger charge is 2.30. The molecule has 1 amide bonds. The van der Waals surface area contributed by atoms with Gasteiger partial charge in [-0.15, -0.1) is 5.11 Å². The Hall–Kier alpha value is -4.34. The number of nitrogens with one attached hydrogen (secondary N) is 1. The standard InChI is InChI=1S/C43H54N6O3/c1-28(2)49-20-18-31(19-21-49)24-40(50)36-14-17-39(29(3)22-36)33-8-4-30(5-9-33)23-37(25-41(51)34-10-6-32(26-44)7-11-34)43(52)47-38-15-12-35(13-16-38)42-45-27-46-48-42/h4-5,8-9,12-17,22,28,31-32,34,37H,6-7,10-11,18-21,23-27,44H2,1-3H3,(H,47,52)/t32?,34?,37-/m1/s1. The van der Waals surface area contributed by atoms with Gasteiger partial charge >= 0.3 is 0 Å². The van der Waals surface area contributed by atoms with Gasteiger partial charge in [-0.2, -0.15) is 5.11 Å². The highest BCUT2D eigenvalue weighted by atomic mass is 16.2. The van der Waals surface area contributed by atoms with Crippen molar-refractivity contribution < 1.29 is 14.4 Å². The van der Waals surface area contributed by atoms with Crippen molar-refractivity contribution in [2.45, 2.75) is 84.6 Å². The summed E-state index contributed by atoms with van der Waals surface area (Å²) in [4.78, 5) is 47.4. The first-order valence-corrected chi connectivity index (χ1v) is 19.2. The number of anilines is 1. The van der Waals surface area contributed by atoms with Gasteiger partial charge in [-0.05, 0) is 150 Å². The average molecular weight is 703 g/mol. The fraction of sp³-hybridized carbons (Fsp3) is 0.488. The molecule has 0 bridgehead atoms. The normalized spacial score (nSPS) is 20.1. The molecule has 1 saturated heterocycles. The van der Waals surface area contributed by atoms with Crippen LogP contribution in [0.2, 0.25) is 0 Å². The minimum Gasteiger partial charge on any atom is -0.330 e. The van der Waals surface area contributed by atoms with Gasteiger partial charge in [0.05, 0.1) is 0 Å². The molecule has 0 spiro atoms. The van der Waals surface area contributed by atoms with Gasteiger partial charge in [0.25, 0.3) is 0 Å². The summed E-state index contributed by atoms with van der Waals surface area (Å²) in [5.74, 6) is 1.22. The number of piperidine rings is 1. The molecule has 0 radical (unpaired) electrons. The minimum atomic E-state index is -0.511. The first kappa shape index (κ1) is 37.4. The van der Waals surface area contributed by atoms with E-state index >= 15 is 0 Å². The number of aryl methyl sites for hydroxylation is 1. The lowest BCUT2D eigenvalue weighted by Gasteiger charge is -2.34. The number of ketones is 2. The van der Waals surface area contributed by atoms with Crippen LogP contribution in [-0.4, -0.2) is 60.6 Å². The summed E-state index contributed by atoms with van der Waals surface area (Å²) in [5.41, 5.74) is 12.4. The maximum atomic E-state index is 13.8. The van der Waals surface area contributed by atoms with Gasteiger partial charge in [0.1, 0.15) is 5.78 Å². The highest BCUT2D eigenvalue weighted by Crippen LogP contribution is 2.32. The third-order valence-corrected chi connectivity index (χ3v) is 11.5. The maximum absolute atomic E-state index is 13.8. The number of carbonyl (C=O) groups excluding carboxylic acids is 3. The molecule has 3 aromatic carbocycles. The van der Waals surface area contributed by atoms with E-state index in [9.17, 15) is 14.4 Å². The summed E-state index contributed by atoms with van der Waals surface area (Å²) in [6.45, 7) is 9.68. The second kappa shape index (κ2) is 17.5. The monoisotopic (exact) mass is 702 g/mol. The Morgan fingerprint density at radius 3 is 2.17 bits per heavy atom. The van der Waals surface area contributed by atoms with Crippen molar-refractivity contribution in [1.82, 2.24) is 4.90 Å². The van der Waals surface area contributed by atoms with Crippen molar-refractivity contribution in [2.24, 2.45) is 44.6 Å². The van der Waals surface area contributed by atoms with E-state index in [2.05, 4.69) is 76.5 Å². The lowest BCUT2D eigenvalue weighted by molar-refractivity contribution is -0.129. The number of amides is 1. The Morgan fingerprint density at radius 2 is 1.56 bits per heavy atom. The van der Waals surface area contributed by atoms with Gasteiger partial charge in [-0.1, -0.05) is 36.4 Å². The number of rotatable bonds is 14. The van der Waals surface area contributed by atoms with Gasteiger partial charge in [0.15, 0.2) is 18.3 Å². The zero-order chi connectivity index (χ0) is 36.6. The van der Waals surface area contributed by atoms with Gasteiger partial charge in [-0.3, -0.25) is 14.4 Å². The van der Waals surface area contributed by atoms with E-state index in [1.165, 1.54) is 0 Å². The number of benzene rings is 3. The molecule has 1 saturated carbocycles. The van der Waals surface area contributed by atoms with Gasteiger partial charge in [0, 0.05) is 47.5 Å². The van der Waals surface area contributed by atoms with E-state index in [0.29, 0.717) is 55.5 Å². The van der Waals surface area contributed by atoms with Crippen molar-refractivity contribution in [3.63, 3.8) is 0 Å². The van der Waals surface area contributed by atoms with Crippen molar-refractivity contribution in [3.05, 3.63) is 89.0 Å². The summed E-state index contributed by atoms with van der Waals surface area (Å²) in [5, 5.41) is 11.0. The van der Waals surface area contributed by atoms with E-state index in [-0.39, 0.29) is 29.8 Å². The summed E-state index contributed by atoms with van der Waals surface area (Å²) < 4.78 is 0. The molecule has 3 aliphatic rings. The molecule has 2 aliphatic heterocycles. The number of nitrogens with two attached hydrogens (primary N) is 1. The molecule has 6 rings (SSSR count). The summed E-state index contributed by atoms with van der Waals surface area (Å²) in [6, 6.07) is 22.3. The van der Waals surface area contributed by atoms with Crippen LogP contribution in [0.1, 0.15) is 92.3 Å². The molecule has 9 heteroatoms. The van der Waals surface area contributed by atoms with Crippen LogP contribution < -0.4 is 11.1 Å². The van der Waals surface area contributed by atoms with E-state index in [1.807, 2.05) is 36.4 Å². The molecule has 1 aliphatic carbocycles. The van der Waals surface area contributed by atoms with Gasteiger partial charge in [-0.25, -0.2) is 4.99 Å². The number of hydrogen-bond donors (Lipinski definition) is 2. The van der Waals surface area contributed by atoms with E-state index in [0.717, 1.165) is 85.0 Å². The van der Waals surface area contributed by atoms with Crippen LogP contribution in [0.3, 0.4) is 0 Å². The number of azo groups is 1. The van der Waals surface area contributed by atoms with Crippen molar-refractivity contribution in [2.75, 3.05) is 31.6 Å². The Morgan fingerprint density at radius 1 is 0.865 bits per heavy atom. The minimum absolute atomic E-state index is 0.0168. The predicted octanol–water partition coefficient (Wildman–Crippen LogP) is 8.05. The van der Waals surface area contributed by atoms with Crippen LogP contribution in [0, 0.1) is 30.6 Å². The largest absolute Gasteiger partial charge is 0.330 e. The number of carbonyl (C=O) groups is 3. The molecule has 274 valence electrons. The highest BCUT2D eigenvalue weighted by molar-refractivity contribution is 6.01. The fourth-order valence-electron chi connectivity index (χ4n) is 8.03. The lowest BCUT2D eigenvalue weighted by Crippen LogP contribution is -2.38. The van der Waals surface area contributed by atoms with Crippen molar-refractivity contribution in [3.8, 4) is 11.1 Å². The number of likely N-dealkylation sites (tertiary alicyclic amines) is 1. The second-order valence-electron chi connectivity index (χ2n) is 15.4. The Bertz CT molecular complexity index is 1770. The maximum Gasteiger partial charge on any atom is 0.228 e. The molecule has 2 fully saturated rings. The molecule has 2 heterocycles. The van der Waals surface area contributed by atoms with E-state index in [1.54, 1.807) is 0 Å². The summed E-state index contributed by atoms with van der Waals surface area (Å²) in [6.07, 6.45) is 7.04. The zero-order valence-corrected chi connectivity index (χ0v) is 31.0. The number of hydrogen-bond acceptors (Lipinski definition) is 8. The Labute approximate surface area is 308 Å². The summed E-state index contributed by atoms with van der Waals surface area (Å²) >= 11 is 0. The molecule has 3 aromatic rings. The molecular formula is C43H54N6O3. The van der Waals surface area contributed by atoms with Crippen molar-refractivity contribution >= 4 is 29.0 Å². The second-order valence-corrected chi connectivity index (χ2v) is 15.4. The van der Waals surface area contributed by atoms with Gasteiger partial charge in [0.2, 0.25) is 5.91 Å². The Balaban J connectivity index is 1.11. The number of aliphatic imine (C=N–C) groups is 1. The first-order chi connectivity index (χ1) is 25.2. The molecule has 9 nitrogen and oxygen atoms in total. The average Bonchev–Trinajstić information content (AvgIpc) is 3.71. The molecule has 3 N–H and O–H groups in total. The number of Topliss-reactive ketones (excluding diaryl/α,β-unsaturated/α-hetero) is 2. The van der Waals surface area contributed by atoms with E-state index in [4.69, 9.17) is 5.73 Å². The fourth-order valence-corrected chi connectivity index (χ4v) is 8.03. The number of nitrogens with zero attached hydrogens (tertiary/aromatic N) is 4. The van der Waals surface area contributed by atoms with Crippen LogP contribution in [0.5, 0.6) is 0 Å².